The Bertz CT molecular complexity index is 1360. The van der Waals surface area contributed by atoms with Crippen LogP contribution in [0.4, 0.5) is 0 Å². The fourth-order valence-electron chi connectivity index (χ4n) is 7.80. The number of nitrogens with two attached hydrogens (primary N) is 1. The summed E-state index contributed by atoms with van der Waals surface area (Å²) in [6, 6.07) is 24.7. The zero-order valence-electron chi connectivity index (χ0n) is 20.7. The average Bonchev–Trinajstić information content (AvgIpc) is 3.68. The number of rotatable bonds is 5. The van der Waals surface area contributed by atoms with Crippen LogP contribution < -0.4 is 15.2 Å². The SMILES string of the molecule is N=C(N)c1ccc([C@@H]2C3CCCC3C3C2C(=O)N(Cc2ccc4c(c2)OCO4)[C@@H]3c2ccccc2)cc1. The minimum Gasteiger partial charge on any atom is -0.454 e. The van der Waals surface area contributed by atoms with Crippen molar-refractivity contribution in [2.24, 2.45) is 29.4 Å². The van der Waals surface area contributed by atoms with Crippen molar-refractivity contribution in [2.75, 3.05) is 6.79 Å². The number of hydrogen-bond acceptors (Lipinski definition) is 4. The third kappa shape index (κ3) is 3.53. The summed E-state index contributed by atoms with van der Waals surface area (Å²) in [5, 5.41) is 7.78. The lowest BCUT2D eigenvalue weighted by Gasteiger charge is -2.32. The van der Waals surface area contributed by atoms with E-state index in [-0.39, 0.29) is 42.3 Å². The molecule has 0 bridgehead atoms. The van der Waals surface area contributed by atoms with Gasteiger partial charge in [-0.25, -0.2) is 0 Å². The van der Waals surface area contributed by atoms with Gasteiger partial charge in [0.2, 0.25) is 12.7 Å². The van der Waals surface area contributed by atoms with E-state index in [1.807, 2.05) is 36.4 Å². The Kier molecular flexibility index (Phi) is 5.24. The molecule has 3 N–H and O–H groups in total. The monoisotopic (exact) mass is 493 g/mol. The molecule has 4 aliphatic rings. The number of nitrogens with one attached hydrogen (secondary N) is 1. The predicted octanol–water partition coefficient (Wildman–Crippen LogP) is 5.23. The minimum absolute atomic E-state index is 0.0438. The zero-order chi connectivity index (χ0) is 25.1. The molecule has 6 heteroatoms. The molecule has 7 rings (SSSR count). The maximum atomic E-state index is 14.4. The molecule has 3 aromatic rings. The fourth-order valence-corrected chi connectivity index (χ4v) is 7.80. The van der Waals surface area contributed by atoms with Crippen LogP contribution in [0.15, 0.2) is 72.8 Å². The maximum Gasteiger partial charge on any atom is 0.231 e. The van der Waals surface area contributed by atoms with Gasteiger partial charge < -0.3 is 20.1 Å². The quantitative estimate of drug-likeness (QED) is 0.376. The van der Waals surface area contributed by atoms with Gasteiger partial charge in [0.1, 0.15) is 5.84 Å². The Balaban J connectivity index is 1.30. The Morgan fingerprint density at radius 2 is 1.65 bits per heavy atom. The van der Waals surface area contributed by atoms with Crippen molar-refractivity contribution in [3.8, 4) is 11.5 Å². The van der Waals surface area contributed by atoms with Gasteiger partial charge in [-0.3, -0.25) is 10.2 Å². The first-order valence-electron chi connectivity index (χ1n) is 13.3. The predicted molar refractivity (Wildman–Crippen MR) is 140 cm³/mol. The lowest BCUT2D eigenvalue weighted by molar-refractivity contribution is -0.133. The van der Waals surface area contributed by atoms with Crippen LogP contribution >= 0.6 is 0 Å². The first kappa shape index (κ1) is 22.4. The first-order valence-corrected chi connectivity index (χ1v) is 13.3. The number of amidine groups is 1. The van der Waals surface area contributed by atoms with Gasteiger partial charge in [0.05, 0.1) is 12.0 Å². The number of amides is 1. The van der Waals surface area contributed by atoms with Crippen LogP contribution in [-0.2, 0) is 11.3 Å². The van der Waals surface area contributed by atoms with Crippen molar-refractivity contribution >= 4 is 11.7 Å². The molecular formula is C31H31N3O3. The Labute approximate surface area is 216 Å². The maximum absolute atomic E-state index is 14.4. The van der Waals surface area contributed by atoms with Crippen LogP contribution in [0.3, 0.4) is 0 Å². The molecule has 37 heavy (non-hydrogen) atoms. The highest BCUT2D eigenvalue weighted by Gasteiger charge is 2.63. The summed E-state index contributed by atoms with van der Waals surface area (Å²) in [6.45, 7) is 0.792. The molecule has 1 saturated heterocycles. The van der Waals surface area contributed by atoms with Gasteiger partial charge in [0.15, 0.2) is 11.5 Å². The molecule has 0 radical (unpaired) electrons. The van der Waals surface area contributed by atoms with Gasteiger partial charge in [-0.15, -0.1) is 0 Å². The number of benzene rings is 3. The Morgan fingerprint density at radius 1 is 0.892 bits per heavy atom. The van der Waals surface area contributed by atoms with Crippen LogP contribution in [0.5, 0.6) is 11.5 Å². The van der Waals surface area contributed by atoms with E-state index in [2.05, 4.69) is 41.3 Å². The van der Waals surface area contributed by atoms with Crippen molar-refractivity contribution in [1.29, 1.82) is 5.41 Å². The molecule has 0 aromatic heterocycles. The first-order chi connectivity index (χ1) is 18.1. The number of ether oxygens (including phenoxy) is 2. The largest absolute Gasteiger partial charge is 0.454 e. The van der Waals surface area contributed by atoms with Gasteiger partial charge >= 0.3 is 0 Å². The topological polar surface area (TPSA) is 88.6 Å². The molecule has 6 nitrogen and oxygen atoms in total. The van der Waals surface area contributed by atoms with Gasteiger partial charge in [-0.2, -0.15) is 0 Å². The number of carbonyl (C=O) groups is 1. The summed E-state index contributed by atoms with van der Waals surface area (Å²) < 4.78 is 11.1. The summed E-state index contributed by atoms with van der Waals surface area (Å²) in [4.78, 5) is 16.5. The number of nitrogen functional groups attached to an aromatic ring is 1. The van der Waals surface area contributed by atoms with Gasteiger partial charge in [-0.05, 0) is 65.3 Å². The van der Waals surface area contributed by atoms with Crippen molar-refractivity contribution in [3.63, 3.8) is 0 Å². The molecule has 6 atom stereocenters. The van der Waals surface area contributed by atoms with Crippen LogP contribution in [0.2, 0.25) is 0 Å². The molecule has 1 amide bonds. The summed E-state index contributed by atoms with van der Waals surface area (Å²) in [6.07, 6.45) is 3.58. The van der Waals surface area contributed by atoms with Gasteiger partial charge in [-0.1, -0.05) is 67.1 Å². The average molecular weight is 494 g/mol. The molecule has 4 unspecified atom stereocenters. The zero-order valence-corrected chi connectivity index (χ0v) is 20.7. The lowest BCUT2D eigenvalue weighted by atomic mass is 9.79. The highest BCUT2D eigenvalue weighted by Crippen LogP contribution is 2.65. The van der Waals surface area contributed by atoms with Crippen LogP contribution in [-0.4, -0.2) is 23.4 Å². The summed E-state index contributed by atoms with van der Waals surface area (Å²) in [7, 11) is 0. The normalized spacial score (nSPS) is 29.4. The third-order valence-corrected chi connectivity index (χ3v) is 9.19. The Hall–Kier alpha value is -3.80. The number of nitrogens with zero attached hydrogens (tertiary/aromatic N) is 1. The van der Waals surface area contributed by atoms with Gasteiger partial charge in [0, 0.05) is 12.1 Å². The standard InChI is InChI=1S/C31H31N3O3/c32-30(33)21-12-10-19(11-13-21)26-22-7-4-8-23(22)27-28(26)31(35)34(29(27)20-5-2-1-3-6-20)16-18-9-14-24-25(15-18)37-17-36-24/h1-3,5-6,9-15,22-23,26-29H,4,7-8,16-17H2,(H3,32,33)/t22?,23?,26-,27?,28?,29-/m1/s1. The fraction of sp³-hybridized carbons (Fsp3) is 0.355. The molecule has 2 aliphatic heterocycles. The molecule has 3 aromatic carbocycles. The smallest absolute Gasteiger partial charge is 0.231 e. The van der Waals surface area contributed by atoms with Crippen molar-refractivity contribution in [1.82, 2.24) is 4.90 Å². The number of likely N-dealkylation sites (tertiary alicyclic amines) is 1. The van der Waals surface area contributed by atoms with Crippen LogP contribution in [0, 0.1) is 29.1 Å². The van der Waals surface area contributed by atoms with E-state index in [9.17, 15) is 4.79 Å². The number of fused-ring (bicyclic) bond motifs is 4. The summed E-state index contributed by atoms with van der Waals surface area (Å²) in [5.74, 6) is 3.32. The summed E-state index contributed by atoms with van der Waals surface area (Å²) >= 11 is 0. The third-order valence-electron chi connectivity index (χ3n) is 9.19. The second kappa shape index (κ2) is 8.65. The van der Waals surface area contributed by atoms with E-state index in [0.717, 1.165) is 22.6 Å². The second-order valence-corrected chi connectivity index (χ2v) is 10.9. The van der Waals surface area contributed by atoms with Crippen molar-refractivity contribution < 1.29 is 14.3 Å². The second-order valence-electron chi connectivity index (χ2n) is 10.9. The summed E-state index contributed by atoms with van der Waals surface area (Å²) in [5.41, 5.74) is 9.94. The van der Waals surface area contributed by atoms with Crippen LogP contribution in [0.1, 0.15) is 53.5 Å². The molecule has 2 saturated carbocycles. The van der Waals surface area contributed by atoms with Gasteiger partial charge in [0.25, 0.3) is 0 Å². The molecular weight excluding hydrogens is 462 g/mol. The molecule has 188 valence electrons. The van der Waals surface area contributed by atoms with Crippen LogP contribution in [0.25, 0.3) is 0 Å². The van der Waals surface area contributed by atoms with E-state index >= 15 is 0 Å². The van der Waals surface area contributed by atoms with Crippen molar-refractivity contribution in [2.45, 2.75) is 37.8 Å². The minimum atomic E-state index is -0.0438. The molecule has 0 spiro atoms. The number of carbonyl (C=O) groups excluding carboxylic acids is 1. The van der Waals surface area contributed by atoms with E-state index in [0.29, 0.717) is 18.4 Å². The molecule has 2 aliphatic carbocycles. The van der Waals surface area contributed by atoms with E-state index in [1.165, 1.54) is 30.4 Å². The van der Waals surface area contributed by atoms with Crippen molar-refractivity contribution in [3.05, 3.63) is 95.1 Å². The number of hydrogen-bond donors (Lipinski definition) is 2. The molecule has 2 heterocycles. The Morgan fingerprint density at radius 3 is 2.43 bits per heavy atom. The lowest BCUT2D eigenvalue weighted by Crippen LogP contribution is -2.33. The highest BCUT2D eigenvalue weighted by molar-refractivity contribution is 5.95. The van der Waals surface area contributed by atoms with E-state index in [4.69, 9.17) is 20.6 Å². The highest BCUT2D eigenvalue weighted by atomic mass is 16.7. The van der Waals surface area contributed by atoms with E-state index in [1.54, 1.807) is 0 Å². The van der Waals surface area contributed by atoms with E-state index < -0.39 is 0 Å². The molecule has 3 fully saturated rings.